The zero-order valence-corrected chi connectivity index (χ0v) is 14.9. The maximum absolute atomic E-state index is 11.7. The molecule has 2 N–H and O–H groups in total. The van der Waals surface area contributed by atoms with E-state index in [1.807, 2.05) is 43.3 Å². The molecule has 0 amide bonds. The quantitative estimate of drug-likeness (QED) is 0.703. The van der Waals surface area contributed by atoms with E-state index in [0.29, 0.717) is 23.1 Å². The Morgan fingerprint density at radius 3 is 2.68 bits per heavy atom. The molecule has 1 aromatic carbocycles. The number of aromatic amines is 1. The number of carboxylic acids is 1. The summed E-state index contributed by atoms with van der Waals surface area (Å²) in [4.78, 5) is 21.2. The Morgan fingerprint density at radius 2 is 2.04 bits per heavy atom. The van der Waals surface area contributed by atoms with Crippen LogP contribution in [-0.4, -0.2) is 40.0 Å². The van der Waals surface area contributed by atoms with Crippen LogP contribution >= 0.6 is 0 Å². The van der Waals surface area contributed by atoms with Crippen LogP contribution in [0, 0.1) is 5.92 Å². The summed E-state index contributed by atoms with van der Waals surface area (Å²) in [5.41, 5.74) is 1.60. The van der Waals surface area contributed by atoms with Crippen molar-refractivity contribution >= 4 is 16.9 Å². The molecule has 3 rings (SSSR count). The number of benzene rings is 1. The van der Waals surface area contributed by atoms with Crippen molar-refractivity contribution in [2.45, 2.75) is 26.3 Å². The molecule has 0 saturated carbocycles. The summed E-state index contributed by atoms with van der Waals surface area (Å²) in [7, 11) is 3.89. The van der Waals surface area contributed by atoms with Gasteiger partial charge in [0.1, 0.15) is 0 Å². The molecule has 0 radical (unpaired) electrons. The van der Waals surface area contributed by atoms with Crippen molar-refractivity contribution in [3.05, 3.63) is 42.0 Å². The first-order valence-electron chi connectivity index (χ1n) is 8.35. The molecule has 2 aromatic heterocycles. The van der Waals surface area contributed by atoms with Crippen molar-refractivity contribution in [3.8, 4) is 11.3 Å². The van der Waals surface area contributed by atoms with E-state index in [9.17, 15) is 9.90 Å². The monoisotopic (exact) mass is 341 g/mol. The minimum Gasteiger partial charge on any atom is -0.476 e. The lowest BCUT2D eigenvalue weighted by Gasteiger charge is -2.22. The number of aromatic carboxylic acids is 1. The highest BCUT2D eigenvalue weighted by Crippen LogP contribution is 2.35. The van der Waals surface area contributed by atoms with Gasteiger partial charge in [-0.2, -0.15) is 0 Å². The molecule has 25 heavy (non-hydrogen) atoms. The molecule has 1 atom stereocenters. The first kappa shape index (κ1) is 17.2. The van der Waals surface area contributed by atoms with Gasteiger partial charge in [0, 0.05) is 22.7 Å². The largest absolute Gasteiger partial charge is 0.476 e. The third-order valence-corrected chi connectivity index (χ3v) is 4.28. The van der Waals surface area contributed by atoms with Crippen LogP contribution in [0.25, 0.3) is 22.2 Å². The number of carboxylic acid groups (broad SMARTS) is 1. The van der Waals surface area contributed by atoms with E-state index in [2.05, 4.69) is 23.8 Å². The molecule has 3 aromatic rings. The average molecular weight is 341 g/mol. The zero-order valence-electron chi connectivity index (χ0n) is 14.9. The van der Waals surface area contributed by atoms with Crippen LogP contribution in [0.5, 0.6) is 0 Å². The fourth-order valence-electron chi connectivity index (χ4n) is 3.05. The minimum absolute atomic E-state index is 0.0460. The Labute approximate surface area is 146 Å². The second-order valence-corrected chi connectivity index (χ2v) is 6.89. The molecule has 0 aliphatic carbocycles. The molecule has 132 valence electrons. The van der Waals surface area contributed by atoms with Crippen molar-refractivity contribution in [3.63, 3.8) is 0 Å². The first-order valence-corrected chi connectivity index (χ1v) is 8.35. The molecule has 0 aliphatic rings. The fourth-order valence-corrected chi connectivity index (χ4v) is 3.05. The maximum atomic E-state index is 11.7. The molecule has 0 unspecified atom stereocenters. The van der Waals surface area contributed by atoms with Gasteiger partial charge in [0.25, 0.3) is 0 Å². The van der Waals surface area contributed by atoms with Gasteiger partial charge in [-0.1, -0.05) is 32.0 Å². The van der Waals surface area contributed by atoms with Crippen molar-refractivity contribution in [1.82, 2.24) is 14.9 Å². The van der Waals surface area contributed by atoms with Crippen LogP contribution in [-0.2, 0) is 0 Å². The predicted molar refractivity (Wildman–Crippen MR) is 96.6 cm³/mol. The highest BCUT2D eigenvalue weighted by molar-refractivity contribution is 6.00. The van der Waals surface area contributed by atoms with Gasteiger partial charge in [-0.3, -0.25) is 4.90 Å². The van der Waals surface area contributed by atoms with Gasteiger partial charge in [0.2, 0.25) is 5.89 Å². The van der Waals surface area contributed by atoms with E-state index < -0.39 is 5.97 Å². The molecule has 0 fully saturated rings. The summed E-state index contributed by atoms with van der Waals surface area (Å²) in [6.45, 7) is 4.25. The smallest absolute Gasteiger partial charge is 0.358 e. The van der Waals surface area contributed by atoms with E-state index in [4.69, 9.17) is 4.42 Å². The van der Waals surface area contributed by atoms with E-state index >= 15 is 0 Å². The summed E-state index contributed by atoms with van der Waals surface area (Å²) in [5.74, 6) is 0.0911. The topological polar surface area (TPSA) is 82.4 Å². The number of nitrogens with zero attached hydrogens (tertiary/aromatic N) is 2. The molecule has 0 spiro atoms. The van der Waals surface area contributed by atoms with Gasteiger partial charge in [-0.15, -0.1) is 0 Å². The Balaban J connectivity index is 2.14. The van der Waals surface area contributed by atoms with Crippen molar-refractivity contribution in [1.29, 1.82) is 0 Å². The lowest BCUT2D eigenvalue weighted by molar-refractivity contribution is 0.0691. The normalized spacial score (nSPS) is 13.0. The minimum atomic E-state index is -1.09. The van der Waals surface area contributed by atoms with Crippen molar-refractivity contribution in [2.24, 2.45) is 5.92 Å². The van der Waals surface area contributed by atoms with Gasteiger partial charge in [0.05, 0.1) is 6.04 Å². The second-order valence-electron chi connectivity index (χ2n) is 6.89. The molecular weight excluding hydrogens is 318 g/mol. The average Bonchev–Trinajstić information content (AvgIpc) is 3.16. The number of H-pyrrole nitrogens is 1. The third kappa shape index (κ3) is 3.30. The van der Waals surface area contributed by atoms with Crippen LogP contribution in [0.3, 0.4) is 0 Å². The summed E-state index contributed by atoms with van der Waals surface area (Å²) < 4.78 is 6.00. The Kier molecular flexibility index (Phi) is 4.63. The molecule has 6 heteroatoms. The number of carbonyl (C=O) groups is 1. The highest BCUT2D eigenvalue weighted by atomic mass is 16.4. The SMILES string of the molecule is CC(C)C[C@@H](c1nc(C(=O)O)c(-c2c[nH]c3ccccc23)o1)N(C)C. The molecule has 0 saturated heterocycles. The molecule has 0 bridgehead atoms. The van der Waals surface area contributed by atoms with Crippen LogP contribution in [0.4, 0.5) is 0 Å². The molecule has 0 aliphatic heterocycles. The number of oxazole rings is 1. The Hall–Kier alpha value is -2.60. The van der Waals surface area contributed by atoms with Crippen LogP contribution in [0.1, 0.15) is 42.7 Å². The number of hydrogen-bond donors (Lipinski definition) is 2. The second kappa shape index (κ2) is 6.72. The number of para-hydroxylation sites is 1. The van der Waals surface area contributed by atoms with Crippen molar-refractivity contribution in [2.75, 3.05) is 14.1 Å². The Morgan fingerprint density at radius 1 is 1.32 bits per heavy atom. The number of hydrogen-bond acceptors (Lipinski definition) is 4. The van der Waals surface area contributed by atoms with E-state index in [-0.39, 0.29) is 11.7 Å². The van der Waals surface area contributed by atoms with Gasteiger partial charge < -0.3 is 14.5 Å². The summed E-state index contributed by atoms with van der Waals surface area (Å²) in [5, 5.41) is 10.5. The van der Waals surface area contributed by atoms with Gasteiger partial charge in [0.15, 0.2) is 11.5 Å². The maximum Gasteiger partial charge on any atom is 0.358 e. The number of nitrogens with one attached hydrogen (secondary N) is 1. The summed E-state index contributed by atoms with van der Waals surface area (Å²) >= 11 is 0. The molecular formula is C19H23N3O3. The lowest BCUT2D eigenvalue weighted by atomic mass is 10.0. The third-order valence-electron chi connectivity index (χ3n) is 4.28. The van der Waals surface area contributed by atoms with E-state index in [1.54, 1.807) is 6.20 Å². The lowest BCUT2D eigenvalue weighted by Crippen LogP contribution is -2.22. The Bertz CT molecular complexity index is 892. The number of rotatable bonds is 6. The first-order chi connectivity index (χ1) is 11.9. The number of fused-ring (bicyclic) bond motifs is 1. The number of aromatic nitrogens is 2. The van der Waals surface area contributed by atoms with Crippen LogP contribution in [0.15, 0.2) is 34.9 Å². The molecule has 2 heterocycles. The van der Waals surface area contributed by atoms with E-state index in [0.717, 1.165) is 17.3 Å². The fraction of sp³-hybridized carbons (Fsp3) is 0.368. The standard InChI is InChI=1S/C19H23N3O3/c1-11(2)9-15(22(3)4)18-21-16(19(23)24)17(25-18)13-10-20-14-8-6-5-7-12(13)14/h5-8,10-11,15,20H,9H2,1-4H3,(H,23,24)/t15-/m0/s1. The van der Waals surface area contributed by atoms with Crippen LogP contribution < -0.4 is 0 Å². The predicted octanol–water partition coefficient (Wildman–Crippen LogP) is 4.17. The van der Waals surface area contributed by atoms with Gasteiger partial charge >= 0.3 is 5.97 Å². The zero-order chi connectivity index (χ0) is 18.1. The van der Waals surface area contributed by atoms with Gasteiger partial charge in [-0.25, -0.2) is 9.78 Å². The van der Waals surface area contributed by atoms with Gasteiger partial charge in [-0.05, 0) is 32.5 Å². The highest BCUT2D eigenvalue weighted by Gasteiger charge is 2.28. The van der Waals surface area contributed by atoms with Crippen LogP contribution in [0.2, 0.25) is 0 Å². The summed E-state index contributed by atoms with van der Waals surface area (Å²) in [6.07, 6.45) is 2.61. The van der Waals surface area contributed by atoms with Crippen molar-refractivity contribution < 1.29 is 14.3 Å². The van der Waals surface area contributed by atoms with E-state index in [1.165, 1.54) is 0 Å². The molecule has 6 nitrogen and oxygen atoms in total. The summed E-state index contributed by atoms with van der Waals surface area (Å²) in [6, 6.07) is 7.65.